The molecule has 1 rings (SSSR count). The van der Waals surface area contributed by atoms with E-state index in [9.17, 15) is 9.59 Å². The summed E-state index contributed by atoms with van der Waals surface area (Å²) < 4.78 is 4.80. The monoisotopic (exact) mass is 243 g/mol. The molecule has 0 bridgehead atoms. The Morgan fingerprint density at radius 1 is 1.35 bits per heavy atom. The minimum Gasteiger partial charge on any atom is -0.383 e. The summed E-state index contributed by atoms with van der Waals surface area (Å²) in [7, 11) is 1.57. The van der Waals surface area contributed by atoms with E-state index in [1.54, 1.807) is 7.11 Å². The van der Waals surface area contributed by atoms with Gasteiger partial charge in [-0.25, -0.2) is 0 Å². The molecular weight excluding hydrogens is 222 g/mol. The summed E-state index contributed by atoms with van der Waals surface area (Å²) in [6, 6.07) is -0.143. The van der Waals surface area contributed by atoms with Crippen molar-refractivity contribution in [3.05, 3.63) is 0 Å². The van der Waals surface area contributed by atoms with Gasteiger partial charge in [-0.3, -0.25) is 9.59 Å². The fraction of sp³-hybridized carbons (Fsp3) is 0.818. The van der Waals surface area contributed by atoms with Crippen LogP contribution in [0.2, 0.25) is 0 Å². The first kappa shape index (κ1) is 13.9. The quantitative estimate of drug-likeness (QED) is 0.523. The molecule has 0 radical (unpaired) electrons. The van der Waals surface area contributed by atoms with Crippen molar-refractivity contribution in [3.63, 3.8) is 0 Å². The number of carbonyl (C=O) groups is 2. The van der Waals surface area contributed by atoms with Crippen LogP contribution >= 0.6 is 0 Å². The van der Waals surface area contributed by atoms with E-state index in [-0.39, 0.29) is 24.4 Å². The molecule has 6 heteroatoms. The molecule has 1 saturated heterocycles. The highest BCUT2D eigenvalue weighted by Gasteiger charge is 2.20. The van der Waals surface area contributed by atoms with Gasteiger partial charge < -0.3 is 20.7 Å². The number of rotatable bonds is 6. The van der Waals surface area contributed by atoms with Gasteiger partial charge >= 0.3 is 0 Å². The van der Waals surface area contributed by atoms with Gasteiger partial charge in [0.05, 0.1) is 19.2 Å². The molecule has 0 aromatic carbocycles. The van der Waals surface area contributed by atoms with Crippen molar-refractivity contribution in [2.75, 3.05) is 33.4 Å². The third kappa shape index (κ3) is 5.65. The minimum atomic E-state index is -0.189. The molecule has 98 valence electrons. The fourth-order valence-electron chi connectivity index (χ4n) is 1.72. The number of methoxy groups -OCH3 is 1. The van der Waals surface area contributed by atoms with Crippen LogP contribution in [0.25, 0.3) is 0 Å². The highest BCUT2D eigenvalue weighted by Crippen LogP contribution is 2.06. The smallest absolute Gasteiger partial charge is 0.239 e. The number of hydrogen-bond acceptors (Lipinski definition) is 4. The van der Waals surface area contributed by atoms with E-state index in [1.165, 1.54) is 0 Å². The SMILES string of the molecule is COCCNC(=O)CNC(=O)[C@H]1CCCCN1. The molecule has 0 spiro atoms. The minimum absolute atomic E-state index is 0.0285. The van der Waals surface area contributed by atoms with Gasteiger partial charge in [0, 0.05) is 13.7 Å². The first-order chi connectivity index (χ1) is 8.24. The number of carbonyl (C=O) groups excluding carboxylic acids is 2. The summed E-state index contributed by atoms with van der Waals surface area (Å²) in [5.41, 5.74) is 0. The average Bonchev–Trinajstić information content (AvgIpc) is 2.37. The Hall–Kier alpha value is -1.14. The third-order valence-electron chi connectivity index (χ3n) is 2.68. The summed E-state index contributed by atoms with van der Waals surface area (Å²) in [4.78, 5) is 23.0. The van der Waals surface area contributed by atoms with E-state index in [0.717, 1.165) is 25.8 Å². The molecule has 1 fully saturated rings. The topological polar surface area (TPSA) is 79.5 Å². The Balaban J connectivity index is 2.11. The summed E-state index contributed by atoms with van der Waals surface area (Å²) >= 11 is 0. The Morgan fingerprint density at radius 3 is 2.82 bits per heavy atom. The molecule has 0 unspecified atom stereocenters. The lowest BCUT2D eigenvalue weighted by molar-refractivity contribution is -0.127. The zero-order chi connectivity index (χ0) is 12.5. The standard InChI is InChI=1S/C11H21N3O3/c1-17-7-6-13-10(15)8-14-11(16)9-4-2-3-5-12-9/h9,12H,2-8H2,1H3,(H,13,15)(H,14,16)/t9-/m1/s1. The summed E-state index contributed by atoms with van der Waals surface area (Å²) in [6.45, 7) is 1.84. The third-order valence-corrected chi connectivity index (χ3v) is 2.68. The van der Waals surface area contributed by atoms with E-state index in [4.69, 9.17) is 4.74 Å². The van der Waals surface area contributed by atoms with E-state index < -0.39 is 0 Å². The van der Waals surface area contributed by atoms with Gasteiger partial charge in [-0.05, 0) is 19.4 Å². The highest BCUT2D eigenvalue weighted by atomic mass is 16.5. The number of amides is 2. The summed E-state index contributed by atoms with van der Waals surface area (Å²) in [5, 5.41) is 8.40. The Morgan fingerprint density at radius 2 is 2.18 bits per heavy atom. The molecule has 1 aliphatic heterocycles. The molecule has 3 N–H and O–H groups in total. The second kappa shape index (κ2) is 8.03. The van der Waals surface area contributed by atoms with E-state index in [1.807, 2.05) is 0 Å². The highest BCUT2D eigenvalue weighted by molar-refractivity contribution is 5.87. The molecule has 17 heavy (non-hydrogen) atoms. The molecule has 0 aromatic rings. The van der Waals surface area contributed by atoms with Crippen molar-refractivity contribution < 1.29 is 14.3 Å². The van der Waals surface area contributed by atoms with Crippen molar-refractivity contribution in [2.45, 2.75) is 25.3 Å². The second-order valence-electron chi connectivity index (χ2n) is 4.06. The zero-order valence-corrected chi connectivity index (χ0v) is 10.3. The van der Waals surface area contributed by atoms with E-state index in [0.29, 0.717) is 13.2 Å². The van der Waals surface area contributed by atoms with Crippen LogP contribution in [0.4, 0.5) is 0 Å². The lowest BCUT2D eigenvalue weighted by Gasteiger charge is -2.22. The Kier molecular flexibility index (Phi) is 6.57. The van der Waals surface area contributed by atoms with Crippen molar-refractivity contribution >= 4 is 11.8 Å². The largest absolute Gasteiger partial charge is 0.383 e. The van der Waals surface area contributed by atoms with Gasteiger partial charge in [0.1, 0.15) is 0 Å². The van der Waals surface area contributed by atoms with Crippen LogP contribution in [0.1, 0.15) is 19.3 Å². The summed E-state index contributed by atoms with van der Waals surface area (Å²) in [6.07, 6.45) is 3.02. The molecule has 0 saturated carbocycles. The predicted molar refractivity (Wildman–Crippen MR) is 63.5 cm³/mol. The number of nitrogens with one attached hydrogen (secondary N) is 3. The van der Waals surface area contributed by atoms with E-state index >= 15 is 0 Å². The van der Waals surface area contributed by atoms with Gasteiger partial charge in [0.15, 0.2) is 0 Å². The van der Waals surface area contributed by atoms with Crippen LogP contribution in [-0.4, -0.2) is 51.2 Å². The van der Waals surface area contributed by atoms with Gasteiger partial charge in [-0.15, -0.1) is 0 Å². The number of ether oxygens (including phenoxy) is 1. The van der Waals surface area contributed by atoms with Crippen molar-refractivity contribution in [2.24, 2.45) is 0 Å². The van der Waals surface area contributed by atoms with Gasteiger partial charge in [0.2, 0.25) is 11.8 Å². The van der Waals surface area contributed by atoms with E-state index in [2.05, 4.69) is 16.0 Å². The molecule has 0 aromatic heterocycles. The normalized spacial score (nSPS) is 19.7. The van der Waals surface area contributed by atoms with Crippen LogP contribution in [-0.2, 0) is 14.3 Å². The molecule has 6 nitrogen and oxygen atoms in total. The number of piperidine rings is 1. The van der Waals surface area contributed by atoms with Crippen molar-refractivity contribution in [1.29, 1.82) is 0 Å². The fourth-order valence-corrected chi connectivity index (χ4v) is 1.72. The maximum Gasteiger partial charge on any atom is 0.239 e. The van der Waals surface area contributed by atoms with Crippen molar-refractivity contribution in [1.82, 2.24) is 16.0 Å². The molecular formula is C11H21N3O3. The Bertz CT molecular complexity index is 252. The molecule has 2 amide bonds. The molecule has 1 atom stereocenters. The maximum absolute atomic E-state index is 11.7. The van der Waals surface area contributed by atoms with Gasteiger partial charge in [-0.1, -0.05) is 6.42 Å². The summed E-state index contributed by atoms with van der Waals surface area (Å²) in [5.74, 6) is -0.280. The van der Waals surface area contributed by atoms with Crippen LogP contribution in [0.5, 0.6) is 0 Å². The Labute approximate surface area is 101 Å². The van der Waals surface area contributed by atoms with Crippen LogP contribution < -0.4 is 16.0 Å². The first-order valence-corrected chi connectivity index (χ1v) is 6.00. The van der Waals surface area contributed by atoms with Crippen LogP contribution in [0, 0.1) is 0 Å². The van der Waals surface area contributed by atoms with Gasteiger partial charge in [0.25, 0.3) is 0 Å². The lowest BCUT2D eigenvalue weighted by atomic mass is 10.0. The average molecular weight is 243 g/mol. The predicted octanol–water partition coefficient (Wildman–Crippen LogP) is -0.993. The second-order valence-corrected chi connectivity index (χ2v) is 4.06. The maximum atomic E-state index is 11.7. The van der Waals surface area contributed by atoms with Gasteiger partial charge in [-0.2, -0.15) is 0 Å². The van der Waals surface area contributed by atoms with Crippen molar-refractivity contribution in [3.8, 4) is 0 Å². The first-order valence-electron chi connectivity index (χ1n) is 6.00. The lowest BCUT2D eigenvalue weighted by Crippen LogP contribution is -2.49. The molecule has 0 aliphatic carbocycles. The number of hydrogen-bond donors (Lipinski definition) is 3. The van der Waals surface area contributed by atoms with Crippen LogP contribution in [0.3, 0.4) is 0 Å². The molecule has 1 heterocycles. The van der Waals surface area contributed by atoms with Crippen LogP contribution in [0.15, 0.2) is 0 Å². The molecule has 1 aliphatic rings. The zero-order valence-electron chi connectivity index (χ0n) is 10.3.